The predicted molar refractivity (Wildman–Crippen MR) is 119 cm³/mol. The van der Waals surface area contributed by atoms with Gasteiger partial charge in [0.15, 0.2) is 0 Å². The van der Waals surface area contributed by atoms with E-state index in [0.717, 1.165) is 4.90 Å². The van der Waals surface area contributed by atoms with Gasteiger partial charge in [-0.2, -0.15) is 11.8 Å². The first kappa shape index (κ1) is 27.7. The number of carboxylic acids is 2. The van der Waals surface area contributed by atoms with Gasteiger partial charge in [0.25, 0.3) is 0 Å². The molecule has 11 nitrogen and oxygen atoms in total. The molecule has 4 atom stereocenters. The van der Waals surface area contributed by atoms with E-state index in [1.54, 1.807) is 25.6 Å². The zero-order valence-electron chi connectivity index (χ0n) is 18.7. The number of hydrogen-bond donors (Lipinski definition) is 5. The van der Waals surface area contributed by atoms with Crippen molar-refractivity contribution in [3.63, 3.8) is 0 Å². The maximum absolute atomic E-state index is 13.0. The van der Waals surface area contributed by atoms with Crippen LogP contribution in [0.3, 0.4) is 0 Å². The van der Waals surface area contributed by atoms with E-state index in [0.29, 0.717) is 25.0 Å². The number of likely N-dealkylation sites (tertiary alicyclic amines) is 1. The van der Waals surface area contributed by atoms with Gasteiger partial charge in [-0.25, -0.2) is 4.79 Å². The maximum atomic E-state index is 13.0. The molecule has 6 N–H and O–H groups in total. The Morgan fingerprint density at radius 3 is 2.28 bits per heavy atom. The lowest BCUT2D eigenvalue weighted by Gasteiger charge is -2.29. The first-order valence-corrected chi connectivity index (χ1v) is 12.0. The molecule has 0 aromatic heterocycles. The number of nitrogens with zero attached hydrogens (tertiary/aromatic N) is 1. The van der Waals surface area contributed by atoms with Crippen LogP contribution in [0.15, 0.2) is 0 Å². The Kier molecular flexibility index (Phi) is 11.5. The van der Waals surface area contributed by atoms with Crippen molar-refractivity contribution in [3.05, 3.63) is 0 Å². The highest BCUT2D eigenvalue weighted by molar-refractivity contribution is 7.98. The standard InChI is InChI=1S/C20H34N4O7S/c1-11(2)16(23-17(27)12(21)8-10-32-3)18(28)22-13(6-7-15(25)26)19(29)24-9-4-5-14(24)20(30)31/h11-14,16H,4-10,21H2,1-3H3,(H,22,28)(H,23,27)(H,25,26)(H,30,31). The summed E-state index contributed by atoms with van der Waals surface area (Å²) in [7, 11) is 0. The molecular formula is C20H34N4O7S. The number of nitrogens with two attached hydrogens (primary N) is 1. The van der Waals surface area contributed by atoms with Crippen LogP contribution in [0.4, 0.5) is 0 Å². The van der Waals surface area contributed by atoms with Crippen LogP contribution in [-0.2, 0) is 24.0 Å². The fourth-order valence-corrected chi connectivity index (χ4v) is 3.93. The minimum atomic E-state index is -1.22. The molecule has 12 heteroatoms. The molecular weight excluding hydrogens is 440 g/mol. The summed E-state index contributed by atoms with van der Waals surface area (Å²) in [6.07, 6.45) is 2.53. The van der Waals surface area contributed by atoms with Gasteiger partial charge in [0, 0.05) is 13.0 Å². The SMILES string of the molecule is CSCCC(N)C(=O)NC(C(=O)NC(CCC(=O)O)C(=O)N1CCCC1C(=O)O)C(C)C. The number of aliphatic carboxylic acids is 2. The summed E-state index contributed by atoms with van der Waals surface area (Å²) in [4.78, 5) is 62.0. The van der Waals surface area contributed by atoms with Crippen molar-refractivity contribution in [3.8, 4) is 0 Å². The topological polar surface area (TPSA) is 179 Å². The summed E-state index contributed by atoms with van der Waals surface area (Å²) >= 11 is 1.54. The van der Waals surface area contributed by atoms with Crippen molar-refractivity contribution in [1.82, 2.24) is 15.5 Å². The lowest BCUT2D eigenvalue weighted by molar-refractivity contribution is -0.150. The van der Waals surface area contributed by atoms with Crippen molar-refractivity contribution in [2.75, 3.05) is 18.6 Å². The van der Waals surface area contributed by atoms with Crippen molar-refractivity contribution >= 4 is 41.4 Å². The van der Waals surface area contributed by atoms with Crippen molar-refractivity contribution < 1.29 is 34.2 Å². The molecule has 182 valence electrons. The Balaban J connectivity index is 2.96. The van der Waals surface area contributed by atoms with E-state index in [9.17, 15) is 29.1 Å². The average molecular weight is 475 g/mol. The number of carbonyl (C=O) groups is 5. The molecule has 0 radical (unpaired) electrons. The van der Waals surface area contributed by atoms with E-state index in [2.05, 4.69) is 10.6 Å². The van der Waals surface area contributed by atoms with Gasteiger partial charge in [-0.3, -0.25) is 19.2 Å². The van der Waals surface area contributed by atoms with Crippen LogP contribution in [0, 0.1) is 5.92 Å². The highest BCUT2D eigenvalue weighted by Gasteiger charge is 2.38. The lowest BCUT2D eigenvalue weighted by atomic mass is 10.0. The number of nitrogens with one attached hydrogen (secondary N) is 2. The van der Waals surface area contributed by atoms with E-state index >= 15 is 0 Å². The third kappa shape index (κ3) is 8.30. The van der Waals surface area contributed by atoms with Gasteiger partial charge in [-0.1, -0.05) is 13.8 Å². The molecule has 1 fully saturated rings. The van der Waals surface area contributed by atoms with Gasteiger partial charge in [0.2, 0.25) is 17.7 Å². The van der Waals surface area contributed by atoms with Crippen LogP contribution < -0.4 is 16.4 Å². The summed E-state index contributed by atoms with van der Waals surface area (Å²) in [6.45, 7) is 3.64. The second kappa shape index (κ2) is 13.3. The summed E-state index contributed by atoms with van der Waals surface area (Å²) in [5.74, 6) is -3.74. The van der Waals surface area contributed by atoms with Gasteiger partial charge < -0.3 is 31.5 Å². The van der Waals surface area contributed by atoms with E-state index < -0.39 is 53.8 Å². The first-order chi connectivity index (χ1) is 15.0. The number of hydrogen-bond acceptors (Lipinski definition) is 7. The minimum absolute atomic E-state index is 0.200. The van der Waals surface area contributed by atoms with Crippen molar-refractivity contribution in [1.29, 1.82) is 0 Å². The van der Waals surface area contributed by atoms with Crippen LogP contribution in [-0.4, -0.2) is 87.5 Å². The van der Waals surface area contributed by atoms with E-state index in [4.69, 9.17) is 10.8 Å². The zero-order chi connectivity index (χ0) is 24.4. The molecule has 1 heterocycles. The second-order valence-corrected chi connectivity index (χ2v) is 9.13. The molecule has 1 saturated heterocycles. The molecule has 0 saturated carbocycles. The van der Waals surface area contributed by atoms with Gasteiger partial charge in [0.05, 0.1) is 6.04 Å². The van der Waals surface area contributed by atoms with Gasteiger partial charge in [-0.05, 0) is 43.6 Å². The van der Waals surface area contributed by atoms with Crippen LogP contribution in [0.5, 0.6) is 0 Å². The van der Waals surface area contributed by atoms with Crippen molar-refractivity contribution in [2.24, 2.45) is 11.7 Å². The number of carbonyl (C=O) groups excluding carboxylic acids is 3. The summed E-state index contributed by atoms with van der Waals surface area (Å²) < 4.78 is 0. The minimum Gasteiger partial charge on any atom is -0.481 e. The van der Waals surface area contributed by atoms with Gasteiger partial charge in [0.1, 0.15) is 18.1 Å². The fraction of sp³-hybridized carbons (Fsp3) is 0.750. The predicted octanol–water partition coefficient (Wildman–Crippen LogP) is -0.367. The summed E-state index contributed by atoms with van der Waals surface area (Å²) in [5, 5.41) is 23.5. The molecule has 1 aliphatic rings. The number of rotatable bonds is 13. The van der Waals surface area contributed by atoms with Crippen LogP contribution in [0.1, 0.15) is 46.0 Å². The summed E-state index contributed by atoms with van der Waals surface area (Å²) in [6, 6.07) is -4.01. The molecule has 3 amide bonds. The number of carboxylic acid groups (broad SMARTS) is 2. The highest BCUT2D eigenvalue weighted by atomic mass is 32.2. The Bertz CT molecular complexity index is 703. The molecule has 1 rings (SSSR count). The Hall–Kier alpha value is -2.34. The maximum Gasteiger partial charge on any atom is 0.326 e. The number of amides is 3. The molecule has 0 spiro atoms. The third-order valence-corrected chi connectivity index (χ3v) is 5.94. The summed E-state index contributed by atoms with van der Waals surface area (Å²) in [5.41, 5.74) is 5.87. The van der Waals surface area contributed by atoms with E-state index in [1.807, 2.05) is 6.26 Å². The molecule has 32 heavy (non-hydrogen) atoms. The first-order valence-electron chi connectivity index (χ1n) is 10.6. The second-order valence-electron chi connectivity index (χ2n) is 8.14. The monoisotopic (exact) mass is 474 g/mol. The molecule has 1 aliphatic heterocycles. The Labute approximate surface area is 191 Å². The van der Waals surface area contributed by atoms with Crippen molar-refractivity contribution in [2.45, 2.75) is 70.1 Å². The highest BCUT2D eigenvalue weighted by Crippen LogP contribution is 2.20. The van der Waals surface area contributed by atoms with Crippen LogP contribution in [0.2, 0.25) is 0 Å². The van der Waals surface area contributed by atoms with Crippen LogP contribution in [0.25, 0.3) is 0 Å². The largest absolute Gasteiger partial charge is 0.481 e. The molecule has 0 aromatic carbocycles. The lowest BCUT2D eigenvalue weighted by Crippen LogP contribution is -2.58. The molecule has 0 aliphatic carbocycles. The smallest absolute Gasteiger partial charge is 0.326 e. The molecule has 0 bridgehead atoms. The fourth-order valence-electron chi connectivity index (χ4n) is 3.45. The zero-order valence-corrected chi connectivity index (χ0v) is 19.5. The average Bonchev–Trinajstić information content (AvgIpc) is 3.22. The van der Waals surface area contributed by atoms with Crippen LogP contribution >= 0.6 is 11.8 Å². The quantitative estimate of drug-likeness (QED) is 0.238. The van der Waals surface area contributed by atoms with E-state index in [1.165, 1.54) is 0 Å². The van der Waals surface area contributed by atoms with E-state index in [-0.39, 0.29) is 25.3 Å². The Morgan fingerprint density at radius 1 is 1.09 bits per heavy atom. The normalized spacial score (nSPS) is 18.7. The Morgan fingerprint density at radius 2 is 1.75 bits per heavy atom. The molecule has 0 aromatic rings. The van der Waals surface area contributed by atoms with Gasteiger partial charge >= 0.3 is 11.9 Å². The van der Waals surface area contributed by atoms with Gasteiger partial charge in [-0.15, -0.1) is 0 Å². The third-order valence-electron chi connectivity index (χ3n) is 5.30. The number of thioether (sulfide) groups is 1. The molecule has 4 unspecified atom stereocenters.